The van der Waals surface area contributed by atoms with E-state index in [1.54, 1.807) is 12.8 Å². The quantitative estimate of drug-likeness (QED) is 0.245. The summed E-state index contributed by atoms with van der Waals surface area (Å²) in [5.74, 6) is 0.272. The van der Waals surface area contributed by atoms with Crippen molar-refractivity contribution in [2.45, 2.75) is 25.6 Å². The third-order valence-electron chi connectivity index (χ3n) is 2.12. The molecule has 0 aromatic rings. The Balaban J connectivity index is 4.88. The van der Waals surface area contributed by atoms with Gasteiger partial charge in [0, 0.05) is 0 Å². The smallest absolute Gasteiger partial charge is 0.340 e. The summed E-state index contributed by atoms with van der Waals surface area (Å²) in [6.45, 7) is 0.933. The van der Waals surface area contributed by atoms with Crippen molar-refractivity contribution in [2.75, 3.05) is 12.5 Å². The lowest BCUT2D eigenvalue weighted by Crippen LogP contribution is -2.25. The molecular weight excluding hydrogens is 329 g/mol. The Morgan fingerprint density at radius 3 is 2.38 bits per heavy atom. The molecule has 1 unspecified atom stereocenters. The van der Waals surface area contributed by atoms with Gasteiger partial charge in [-0.25, -0.2) is 4.39 Å². The van der Waals surface area contributed by atoms with E-state index in [0.29, 0.717) is 6.42 Å². The lowest BCUT2D eigenvalue weighted by atomic mass is 10.1. The van der Waals surface area contributed by atoms with Gasteiger partial charge in [-0.15, -0.1) is 0 Å². The lowest BCUT2D eigenvalue weighted by molar-refractivity contribution is 0.125. The predicted molar refractivity (Wildman–Crippen MR) is 71.7 cm³/mol. The Morgan fingerprint density at radius 1 is 1.38 bits per heavy atom. The number of rotatable bonds is 8. The molecule has 0 bridgehead atoms. The van der Waals surface area contributed by atoms with Gasteiger partial charge in [-0.2, -0.15) is 0 Å². The number of aliphatic hydroxyl groups is 2. The highest BCUT2D eigenvalue weighted by Crippen LogP contribution is 2.55. The molecule has 0 fully saturated rings. The molecule has 0 saturated heterocycles. The van der Waals surface area contributed by atoms with Crippen LogP contribution < -0.4 is 0 Å². The topological polar surface area (TPSA) is 145 Å². The van der Waals surface area contributed by atoms with Crippen LogP contribution in [0.4, 0.5) is 4.39 Å². The Labute approximate surface area is 121 Å². The highest BCUT2D eigenvalue weighted by Gasteiger charge is 2.32. The van der Waals surface area contributed by atoms with Crippen LogP contribution in [0, 0.1) is 12.0 Å². The first-order valence-electron chi connectivity index (χ1n) is 5.69. The van der Waals surface area contributed by atoms with Gasteiger partial charge in [-0.1, -0.05) is 13.0 Å². The molecule has 122 valence electrons. The third kappa shape index (κ3) is 9.02. The monoisotopic (exact) mass is 346 g/mol. The Morgan fingerprint density at radius 2 is 1.95 bits per heavy atom. The van der Waals surface area contributed by atoms with Gasteiger partial charge in [-0.05, 0) is 17.9 Å². The van der Waals surface area contributed by atoms with E-state index < -0.39 is 40.0 Å². The molecule has 0 aromatic carbocycles. The number of aliphatic hydroxyl groups excluding tert-OH is 2. The molecule has 11 heteroatoms. The van der Waals surface area contributed by atoms with Crippen molar-refractivity contribution in [3.8, 4) is 12.0 Å². The first-order chi connectivity index (χ1) is 9.52. The van der Waals surface area contributed by atoms with E-state index in [-0.39, 0.29) is 5.57 Å². The molecule has 0 aliphatic heterocycles. The van der Waals surface area contributed by atoms with Crippen LogP contribution in [-0.4, -0.2) is 49.7 Å². The fourth-order valence-corrected chi connectivity index (χ4v) is 3.84. The molecule has 5 N–H and O–H groups in total. The zero-order valence-corrected chi connectivity index (χ0v) is 12.9. The molecule has 8 nitrogen and oxygen atoms in total. The molecule has 0 saturated carbocycles. The van der Waals surface area contributed by atoms with Gasteiger partial charge in [0.05, 0.1) is 6.61 Å². The summed E-state index contributed by atoms with van der Waals surface area (Å²) in [4.78, 5) is 26.5. The molecule has 0 heterocycles. The largest absolute Gasteiger partial charge is 0.462 e. The zero-order chi connectivity index (χ0) is 16.7. The highest BCUT2D eigenvalue weighted by atomic mass is 31.2. The molecule has 3 atom stereocenters. The number of alkyl halides is 1. The van der Waals surface area contributed by atoms with Crippen molar-refractivity contribution >= 4 is 15.2 Å². The van der Waals surface area contributed by atoms with Crippen LogP contribution in [0.15, 0.2) is 11.6 Å². The molecule has 21 heavy (non-hydrogen) atoms. The van der Waals surface area contributed by atoms with Crippen molar-refractivity contribution < 1.29 is 42.9 Å². The molecule has 0 spiro atoms. The van der Waals surface area contributed by atoms with Crippen LogP contribution in [0.5, 0.6) is 0 Å². The summed E-state index contributed by atoms with van der Waals surface area (Å²) >= 11 is 0. The second-order valence-electron chi connectivity index (χ2n) is 4.01. The Kier molecular flexibility index (Phi) is 8.37. The maximum absolute atomic E-state index is 13.3. The minimum atomic E-state index is -4.77. The van der Waals surface area contributed by atoms with E-state index in [0.717, 1.165) is 0 Å². The van der Waals surface area contributed by atoms with Crippen molar-refractivity contribution in [2.24, 2.45) is 0 Å². The summed E-state index contributed by atoms with van der Waals surface area (Å²) in [6.07, 6.45) is -1.01. The number of halogens is 1. The SMILES string of the molecule is CC/C=C(/COP(=O)(O)CP(=O)(O)O)[C@@H](O)[C@H](F)C#CO. The summed E-state index contributed by atoms with van der Waals surface area (Å²) in [5, 5.41) is 17.9. The Bertz CT molecular complexity index is 517. The molecule has 0 aliphatic carbocycles. The van der Waals surface area contributed by atoms with Gasteiger partial charge >= 0.3 is 15.2 Å². The fraction of sp³-hybridized carbons (Fsp3) is 0.600. The lowest BCUT2D eigenvalue weighted by Gasteiger charge is -2.18. The van der Waals surface area contributed by atoms with Crippen LogP contribution in [0.25, 0.3) is 0 Å². The van der Waals surface area contributed by atoms with Gasteiger partial charge in [0.1, 0.15) is 12.2 Å². The zero-order valence-electron chi connectivity index (χ0n) is 11.1. The summed E-state index contributed by atoms with van der Waals surface area (Å²) in [6, 6.07) is 0. The van der Waals surface area contributed by atoms with Gasteiger partial charge in [0.15, 0.2) is 12.1 Å². The van der Waals surface area contributed by atoms with E-state index in [4.69, 9.17) is 14.9 Å². The predicted octanol–water partition coefficient (Wildman–Crippen LogP) is 0.692. The van der Waals surface area contributed by atoms with Crippen molar-refractivity contribution in [3.05, 3.63) is 11.6 Å². The van der Waals surface area contributed by atoms with Crippen LogP contribution in [0.2, 0.25) is 0 Å². The summed E-state index contributed by atoms with van der Waals surface area (Å²) < 4.78 is 39.9. The van der Waals surface area contributed by atoms with Gasteiger partial charge in [0.2, 0.25) is 0 Å². The number of hydrogen-bond acceptors (Lipinski definition) is 5. The summed E-state index contributed by atoms with van der Waals surface area (Å²) in [7, 11) is -9.37. The number of hydrogen-bond donors (Lipinski definition) is 5. The van der Waals surface area contributed by atoms with Crippen molar-refractivity contribution in [3.63, 3.8) is 0 Å². The van der Waals surface area contributed by atoms with E-state index in [2.05, 4.69) is 4.52 Å². The van der Waals surface area contributed by atoms with Crippen LogP contribution in [-0.2, 0) is 13.7 Å². The first-order valence-corrected chi connectivity index (χ1v) is 9.25. The normalized spacial score (nSPS) is 18.3. The first kappa shape index (κ1) is 20.3. The number of allylic oxidation sites excluding steroid dienone is 1. The molecule has 0 rings (SSSR count). The fourth-order valence-electron chi connectivity index (χ4n) is 1.30. The standard InChI is InChI=1S/C10H17FO8P2/c1-2-3-8(10(13)9(11)4-5-12)6-19-21(17,18)7-20(14,15)16/h3,9-10,12-13H,2,6-7H2,1H3,(H,17,18)(H2,14,15,16)/b8-3-/t9-,10-/m1/s1. The van der Waals surface area contributed by atoms with E-state index in [1.165, 1.54) is 12.2 Å². The van der Waals surface area contributed by atoms with Crippen LogP contribution in [0.1, 0.15) is 13.3 Å². The molecule has 0 amide bonds. The van der Waals surface area contributed by atoms with E-state index >= 15 is 0 Å². The average molecular weight is 346 g/mol. The second kappa shape index (κ2) is 8.66. The highest BCUT2D eigenvalue weighted by molar-refractivity contribution is 7.70. The average Bonchev–Trinajstić information content (AvgIpc) is 2.31. The van der Waals surface area contributed by atoms with Gasteiger partial charge < -0.3 is 29.4 Å². The maximum atomic E-state index is 13.3. The van der Waals surface area contributed by atoms with Gasteiger partial charge in [-0.3, -0.25) is 9.13 Å². The van der Waals surface area contributed by atoms with E-state index in [1.807, 2.05) is 0 Å². The maximum Gasteiger partial charge on any atom is 0.340 e. The van der Waals surface area contributed by atoms with Crippen molar-refractivity contribution in [1.29, 1.82) is 0 Å². The summed E-state index contributed by atoms with van der Waals surface area (Å²) in [5.41, 5.74) is -0.132. The van der Waals surface area contributed by atoms with Crippen LogP contribution >= 0.6 is 15.2 Å². The Hall–Kier alpha value is -0.710. The molecular formula is C10H17FO8P2. The molecule has 0 aliphatic rings. The minimum absolute atomic E-state index is 0.132. The van der Waals surface area contributed by atoms with E-state index in [9.17, 15) is 23.5 Å². The van der Waals surface area contributed by atoms with Crippen molar-refractivity contribution in [1.82, 2.24) is 0 Å². The minimum Gasteiger partial charge on any atom is -0.462 e. The third-order valence-corrected chi connectivity index (χ3v) is 5.56. The molecule has 0 radical (unpaired) electrons. The van der Waals surface area contributed by atoms with Gasteiger partial charge in [0.25, 0.3) is 0 Å². The van der Waals surface area contributed by atoms with Crippen LogP contribution in [0.3, 0.4) is 0 Å². The molecule has 0 aromatic heterocycles. The second-order valence-corrected chi connectivity index (χ2v) is 8.00.